The zero-order chi connectivity index (χ0) is 19.2. The summed E-state index contributed by atoms with van der Waals surface area (Å²) in [5.74, 6) is 1.03. The number of anilines is 1. The van der Waals surface area contributed by atoms with Gasteiger partial charge >= 0.3 is 0 Å². The highest BCUT2D eigenvalue weighted by atomic mass is 32.2. The second-order valence-corrected chi connectivity index (χ2v) is 7.83. The topological polar surface area (TPSA) is 98.5 Å². The van der Waals surface area contributed by atoms with Crippen LogP contribution in [0.15, 0.2) is 42.3 Å². The van der Waals surface area contributed by atoms with Gasteiger partial charge in [-0.25, -0.2) is 0 Å². The molecule has 0 unspecified atom stereocenters. The molecule has 0 radical (unpaired) electrons. The van der Waals surface area contributed by atoms with Crippen LogP contribution < -0.4 is 5.32 Å². The summed E-state index contributed by atoms with van der Waals surface area (Å²) in [6.07, 6.45) is 5.18. The quantitative estimate of drug-likeness (QED) is 0.457. The number of carbonyl (C=O) groups excluding carboxylic acids is 1. The summed E-state index contributed by atoms with van der Waals surface area (Å²) in [6, 6.07) is 3.74. The second-order valence-electron chi connectivity index (χ2n) is 5.88. The van der Waals surface area contributed by atoms with Crippen LogP contribution in [0.3, 0.4) is 0 Å². The van der Waals surface area contributed by atoms with E-state index in [0.717, 1.165) is 10.6 Å². The van der Waals surface area contributed by atoms with Crippen LogP contribution in [0.4, 0.5) is 5.13 Å². The van der Waals surface area contributed by atoms with Crippen LogP contribution in [-0.2, 0) is 11.3 Å². The highest BCUT2D eigenvalue weighted by Crippen LogP contribution is 2.25. The van der Waals surface area contributed by atoms with Crippen molar-refractivity contribution in [1.29, 1.82) is 0 Å². The molecule has 0 spiro atoms. The summed E-state index contributed by atoms with van der Waals surface area (Å²) in [5.41, 5.74) is 0.908. The molecule has 1 amide bonds. The fraction of sp³-hybridized carbons (Fsp3) is 0.294. The third kappa shape index (κ3) is 4.77. The molecule has 0 atom stereocenters. The summed E-state index contributed by atoms with van der Waals surface area (Å²) in [4.78, 5) is 16.3. The molecular formula is C17H19N7OS2. The van der Waals surface area contributed by atoms with E-state index in [1.807, 2.05) is 30.5 Å². The summed E-state index contributed by atoms with van der Waals surface area (Å²) < 4.78 is 1.92. The lowest BCUT2D eigenvalue weighted by Gasteiger charge is -2.07. The normalized spacial score (nSPS) is 10.9. The monoisotopic (exact) mass is 401 g/mol. The van der Waals surface area contributed by atoms with Gasteiger partial charge in [-0.1, -0.05) is 43.0 Å². The zero-order valence-electron chi connectivity index (χ0n) is 15.0. The number of aromatic nitrogens is 6. The highest BCUT2D eigenvalue weighted by Gasteiger charge is 2.16. The lowest BCUT2D eigenvalue weighted by molar-refractivity contribution is -0.113. The molecule has 0 aliphatic rings. The molecule has 0 fully saturated rings. The Morgan fingerprint density at radius 3 is 2.74 bits per heavy atom. The lowest BCUT2D eigenvalue weighted by atomic mass is 10.2. The average Bonchev–Trinajstić information content (AvgIpc) is 3.28. The maximum atomic E-state index is 12.2. The van der Waals surface area contributed by atoms with E-state index in [9.17, 15) is 4.79 Å². The second kappa shape index (κ2) is 8.87. The molecular weight excluding hydrogens is 382 g/mol. The van der Waals surface area contributed by atoms with Gasteiger partial charge in [0.2, 0.25) is 11.0 Å². The first-order valence-electron chi connectivity index (χ1n) is 8.29. The minimum Gasteiger partial charge on any atom is -0.300 e. The first-order valence-corrected chi connectivity index (χ1v) is 10.1. The molecule has 140 valence electrons. The van der Waals surface area contributed by atoms with Gasteiger partial charge in [0, 0.05) is 30.4 Å². The van der Waals surface area contributed by atoms with Crippen LogP contribution in [0.5, 0.6) is 0 Å². The van der Waals surface area contributed by atoms with Crippen molar-refractivity contribution >= 4 is 34.1 Å². The van der Waals surface area contributed by atoms with Gasteiger partial charge in [0.05, 0.1) is 5.75 Å². The maximum Gasteiger partial charge on any atom is 0.236 e. The molecule has 3 aromatic rings. The Morgan fingerprint density at radius 1 is 1.30 bits per heavy atom. The van der Waals surface area contributed by atoms with E-state index in [0.29, 0.717) is 22.7 Å². The Bertz CT molecular complexity index is 921. The van der Waals surface area contributed by atoms with E-state index in [-0.39, 0.29) is 17.6 Å². The van der Waals surface area contributed by atoms with Crippen LogP contribution in [-0.4, -0.2) is 41.6 Å². The fourth-order valence-electron chi connectivity index (χ4n) is 2.21. The Balaban J connectivity index is 1.67. The number of thioether (sulfide) groups is 1. The standard InChI is InChI=1S/C17H19N7OS2/c1-4-9-24-14(12-5-7-18-8-6-12)20-23-17(24)26-10-13(25)19-16-22-21-15(27-16)11(2)3/h4-8,11H,1,9-10H2,2-3H3,(H,19,22,25). The van der Waals surface area contributed by atoms with Crippen molar-refractivity contribution in [3.63, 3.8) is 0 Å². The Labute approximate surface area is 165 Å². The molecule has 0 saturated carbocycles. The summed E-state index contributed by atoms with van der Waals surface area (Å²) in [6.45, 7) is 8.41. The Morgan fingerprint density at radius 2 is 2.07 bits per heavy atom. The number of carbonyl (C=O) groups is 1. The Kier molecular flexibility index (Phi) is 6.30. The SMILES string of the molecule is C=CCn1c(SCC(=O)Nc2nnc(C(C)C)s2)nnc1-c1ccncc1. The number of hydrogen-bond donors (Lipinski definition) is 1. The van der Waals surface area contributed by atoms with Crippen molar-refractivity contribution in [3.8, 4) is 11.4 Å². The number of nitrogens with zero attached hydrogens (tertiary/aromatic N) is 6. The molecule has 0 bridgehead atoms. The summed E-state index contributed by atoms with van der Waals surface area (Å²) in [7, 11) is 0. The number of allylic oxidation sites excluding steroid dienone is 1. The number of amides is 1. The maximum absolute atomic E-state index is 12.2. The largest absolute Gasteiger partial charge is 0.300 e. The first-order chi connectivity index (χ1) is 13.1. The molecule has 0 saturated heterocycles. The van der Waals surface area contributed by atoms with Crippen LogP contribution in [0.2, 0.25) is 0 Å². The van der Waals surface area contributed by atoms with E-state index in [1.165, 1.54) is 23.1 Å². The molecule has 8 nitrogen and oxygen atoms in total. The molecule has 3 aromatic heterocycles. The van der Waals surface area contributed by atoms with Gasteiger partial charge < -0.3 is 0 Å². The number of rotatable bonds is 8. The summed E-state index contributed by atoms with van der Waals surface area (Å²) in [5, 5.41) is 21.4. The van der Waals surface area contributed by atoms with E-state index < -0.39 is 0 Å². The number of pyridine rings is 1. The van der Waals surface area contributed by atoms with Crippen molar-refractivity contribution in [2.75, 3.05) is 11.1 Å². The molecule has 0 aliphatic heterocycles. The van der Waals surface area contributed by atoms with Crippen molar-refractivity contribution in [2.45, 2.75) is 31.5 Å². The third-order valence-electron chi connectivity index (χ3n) is 3.48. The number of nitrogens with one attached hydrogen (secondary N) is 1. The predicted octanol–water partition coefficient (Wildman–Crippen LogP) is 3.23. The first kappa shape index (κ1) is 19.2. The van der Waals surface area contributed by atoms with Gasteiger partial charge in [0.1, 0.15) is 5.01 Å². The van der Waals surface area contributed by atoms with Gasteiger partial charge in [0.15, 0.2) is 11.0 Å². The van der Waals surface area contributed by atoms with E-state index >= 15 is 0 Å². The van der Waals surface area contributed by atoms with Crippen molar-refractivity contribution in [1.82, 2.24) is 29.9 Å². The highest BCUT2D eigenvalue weighted by molar-refractivity contribution is 7.99. The van der Waals surface area contributed by atoms with Crippen molar-refractivity contribution in [2.24, 2.45) is 0 Å². The van der Waals surface area contributed by atoms with Crippen molar-refractivity contribution in [3.05, 3.63) is 42.2 Å². The molecule has 27 heavy (non-hydrogen) atoms. The molecule has 3 heterocycles. The summed E-state index contributed by atoms with van der Waals surface area (Å²) >= 11 is 2.70. The lowest BCUT2D eigenvalue weighted by Crippen LogP contribution is -2.14. The average molecular weight is 402 g/mol. The van der Waals surface area contributed by atoms with Crippen LogP contribution >= 0.6 is 23.1 Å². The third-order valence-corrected chi connectivity index (χ3v) is 5.59. The molecule has 1 N–H and O–H groups in total. The van der Waals surface area contributed by atoms with Gasteiger partial charge in [-0.3, -0.25) is 19.7 Å². The van der Waals surface area contributed by atoms with Gasteiger partial charge in [-0.15, -0.1) is 27.0 Å². The minimum atomic E-state index is -0.162. The number of hydrogen-bond acceptors (Lipinski definition) is 8. The zero-order valence-corrected chi connectivity index (χ0v) is 16.6. The molecule has 10 heteroatoms. The Hall–Kier alpha value is -2.59. The van der Waals surface area contributed by atoms with E-state index in [2.05, 4.69) is 37.3 Å². The molecule has 0 aromatic carbocycles. The minimum absolute atomic E-state index is 0.162. The van der Waals surface area contributed by atoms with Crippen LogP contribution in [0.1, 0.15) is 24.8 Å². The molecule has 3 rings (SSSR count). The van der Waals surface area contributed by atoms with E-state index in [1.54, 1.807) is 18.5 Å². The van der Waals surface area contributed by atoms with Gasteiger partial charge in [-0.05, 0) is 12.1 Å². The van der Waals surface area contributed by atoms with Gasteiger partial charge in [-0.2, -0.15) is 0 Å². The molecule has 0 aliphatic carbocycles. The van der Waals surface area contributed by atoms with Crippen molar-refractivity contribution < 1.29 is 4.79 Å². The van der Waals surface area contributed by atoms with Crippen LogP contribution in [0.25, 0.3) is 11.4 Å². The van der Waals surface area contributed by atoms with Gasteiger partial charge in [0.25, 0.3) is 0 Å². The van der Waals surface area contributed by atoms with Crippen LogP contribution in [0, 0.1) is 0 Å². The van der Waals surface area contributed by atoms with E-state index in [4.69, 9.17) is 0 Å². The fourth-order valence-corrected chi connectivity index (χ4v) is 3.72. The predicted molar refractivity (Wildman–Crippen MR) is 107 cm³/mol. The smallest absolute Gasteiger partial charge is 0.236 e.